The number of nitrogens with zero attached hydrogens (tertiary/aromatic N) is 1. The van der Waals surface area contributed by atoms with Crippen molar-refractivity contribution < 1.29 is 52.7 Å². The predicted molar refractivity (Wildman–Crippen MR) is 203 cm³/mol. The molecule has 0 bridgehead atoms. The maximum absolute atomic E-state index is 13.6. The summed E-state index contributed by atoms with van der Waals surface area (Å²) in [6.07, 6.45) is 2.27. The molecule has 2 rings (SSSR count). The highest BCUT2D eigenvalue weighted by molar-refractivity contribution is 7.98. The van der Waals surface area contributed by atoms with Crippen molar-refractivity contribution in [1.82, 2.24) is 26.6 Å². The molecule has 55 heavy (non-hydrogen) atoms. The van der Waals surface area contributed by atoms with Crippen molar-refractivity contribution in [2.45, 2.75) is 56.3 Å². The Morgan fingerprint density at radius 1 is 0.782 bits per heavy atom. The summed E-state index contributed by atoms with van der Waals surface area (Å²) < 4.78 is 15.4. The number of carboxylic acids is 1. The van der Waals surface area contributed by atoms with Crippen molar-refractivity contribution in [3.05, 3.63) is 65.7 Å². The van der Waals surface area contributed by atoms with Gasteiger partial charge in [-0.15, -0.1) is 0 Å². The van der Waals surface area contributed by atoms with Crippen LogP contribution in [0.25, 0.3) is 0 Å². The van der Waals surface area contributed by atoms with Crippen LogP contribution in [0.2, 0.25) is 0 Å². The maximum atomic E-state index is 13.6. The van der Waals surface area contributed by atoms with Crippen LogP contribution in [0.5, 0.6) is 5.75 Å². The van der Waals surface area contributed by atoms with E-state index in [1.807, 2.05) is 0 Å². The van der Waals surface area contributed by atoms with Crippen LogP contribution in [0.3, 0.4) is 0 Å². The van der Waals surface area contributed by atoms with Crippen molar-refractivity contribution >= 4 is 61.0 Å². The van der Waals surface area contributed by atoms with Crippen LogP contribution in [-0.2, 0) is 46.2 Å². The second-order valence-corrected chi connectivity index (χ2v) is 14.2. The van der Waals surface area contributed by atoms with E-state index in [4.69, 9.17) is 27.0 Å². The van der Waals surface area contributed by atoms with Gasteiger partial charge in [0.1, 0.15) is 23.9 Å². The number of carbonyl (C=O) groups is 6. The monoisotopic (exact) mass is 809 g/mol. The second kappa shape index (κ2) is 23.5. The molecule has 0 aliphatic carbocycles. The fourth-order valence-electron chi connectivity index (χ4n) is 4.82. The Kier molecular flexibility index (Phi) is 19.7. The van der Waals surface area contributed by atoms with Crippen molar-refractivity contribution in [3.63, 3.8) is 0 Å². The zero-order valence-corrected chi connectivity index (χ0v) is 31.7. The molecule has 0 unspecified atom stereocenters. The summed E-state index contributed by atoms with van der Waals surface area (Å²) in [5, 5.41) is 22.0. The van der Waals surface area contributed by atoms with E-state index in [0.717, 1.165) is 0 Å². The van der Waals surface area contributed by atoms with E-state index in [1.165, 1.54) is 36.0 Å². The molecule has 2 aromatic rings. The highest BCUT2D eigenvalue weighted by Crippen LogP contribution is 2.37. The maximum Gasteiger partial charge on any atom is 0.524 e. The summed E-state index contributed by atoms with van der Waals surface area (Å²) in [6, 6.07) is 9.50. The van der Waals surface area contributed by atoms with Gasteiger partial charge in [-0.2, -0.15) is 11.8 Å². The summed E-state index contributed by atoms with van der Waals surface area (Å²) in [7, 11) is -4.73. The summed E-state index contributed by atoms with van der Waals surface area (Å²) >= 11 is 1.40. The van der Waals surface area contributed by atoms with Crippen molar-refractivity contribution in [3.8, 4) is 5.75 Å². The van der Waals surface area contributed by atoms with Gasteiger partial charge < -0.3 is 53.4 Å². The molecule has 0 aromatic heterocycles. The molecule has 0 aliphatic heterocycles. The normalized spacial score (nSPS) is 13.2. The molecule has 20 nitrogen and oxygen atoms in total. The summed E-state index contributed by atoms with van der Waals surface area (Å²) in [6.45, 7) is -0.945. The molecule has 5 amide bonds. The second-order valence-electron chi connectivity index (χ2n) is 12.0. The lowest BCUT2D eigenvalue weighted by Crippen LogP contribution is -2.57. The first-order valence-corrected chi connectivity index (χ1v) is 19.7. The first-order valence-electron chi connectivity index (χ1n) is 16.8. The molecule has 0 fully saturated rings. The summed E-state index contributed by atoms with van der Waals surface area (Å²) in [5.41, 5.74) is 17.8. The molecular formula is C33H48N9O11PS. The third-order valence-corrected chi connectivity index (χ3v) is 8.64. The largest absolute Gasteiger partial charge is 0.524 e. The minimum Gasteiger partial charge on any atom is -0.480 e. The number of carboxylic acid groups (broad SMARTS) is 1. The number of phosphoric ester groups is 1. The molecule has 4 atom stereocenters. The van der Waals surface area contributed by atoms with Crippen LogP contribution in [0.15, 0.2) is 59.6 Å². The SMILES string of the molecule is CSCC[C@H](NC(=O)[C@H](Cc1ccccc1)NC(=O)CNC(=O)CNC(=O)[C@@H](N)Cc1ccc(OP(=O)(O)O)cc1)C(=O)N[C@@H](CCCN=C(N)N)C(=O)O. The van der Waals surface area contributed by atoms with Crippen molar-refractivity contribution in [2.24, 2.45) is 22.2 Å². The number of nitrogens with one attached hydrogen (secondary N) is 5. The fourth-order valence-corrected chi connectivity index (χ4v) is 5.69. The number of nitrogens with two attached hydrogens (primary N) is 3. The topological polar surface area (TPSA) is 340 Å². The fraction of sp³-hybridized carbons (Fsp3) is 0.424. The third-order valence-electron chi connectivity index (χ3n) is 7.55. The Bertz CT molecular complexity index is 1680. The average molecular weight is 810 g/mol. The highest BCUT2D eigenvalue weighted by Gasteiger charge is 2.30. The lowest BCUT2D eigenvalue weighted by Gasteiger charge is -2.24. The minimum absolute atomic E-state index is 0.0130. The molecule has 0 heterocycles. The molecule has 0 spiro atoms. The van der Waals surface area contributed by atoms with E-state index < -0.39 is 80.6 Å². The number of benzene rings is 2. The van der Waals surface area contributed by atoms with Gasteiger partial charge in [0.05, 0.1) is 19.1 Å². The summed E-state index contributed by atoms with van der Waals surface area (Å²) in [5.74, 6) is -4.72. The Morgan fingerprint density at radius 3 is 1.98 bits per heavy atom. The predicted octanol–water partition coefficient (Wildman–Crippen LogP) is -2.15. The first kappa shape index (κ1) is 45.9. The van der Waals surface area contributed by atoms with Gasteiger partial charge in [0, 0.05) is 13.0 Å². The van der Waals surface area contributed by atoms with Gasteiger partial charge in [0.15, 0.2) is 5.96 Å². The van der Waals surface area contributed by atoms with Crippen LogP contribution in [0.4, 0.5) is 0 Å². The van der Waals surface area contributed by atoms with E-state index in [-0.39, 0.29) is 50.4 Å². The number of hydrogen-bond donors (Lipinski definition) is 11. The number of thioether (sulfide) groups is 1. The zero-order valence-electron chi connectivity index (χ0n) is 30.0. The number of guanidine groups is 1. The lowest BCUT2D eigenvalue weighted by atomic mass is 10.0. The molecular weight excluding hydrogens is 761 g/mol. The number of carbonyl (C=O) groups excluding carboxylic acids is 5. The van der Waals surface area contributed by atoms with Crippen LogP contribution >= 0.6 is 19.6 Å². The molecule has 2 aromatic carbocycles. The molecule has 0 radical (unpaired) electrons. The quantitative estimate of drug-likeness (QED) is 0.0233. The number of aliphatic carboxylic acids is 1. The molecule has 0 saturated heterocycles. The van der Waals surface area contributed by atoms with Crippen molar-refractivity contribution in [1.29, 1.82) is 0 Å². The van der Waals surface area contributed by atoms with Crippen LogP contribution in [0, 0.1) is 0 Å². The van der Waals surface area contributed by atoms with Gasteiger partial charge in [0.2, 0.25) is 29.5 Å². The molecule has 0 aliphatic rings. The Labute approximate surface area is 321 Å². The first-order chi connectivity index (χ1) is 26.0. The Balaban J connectivity index is 1.99. The van der Waals surface area contributed by atoms with Crippen molar-refractivity contribution in [2.75, 3.05) is 31.6 Å². The average Bonchev–Trinajstić information content (AvgIpc) is 3.12. The Hall–Kier alpha value is -5.21. The van der Waals surface area contributed by atoms with Gasteiger partial charge in [-0.25, -0.2) is 9.36 Å². The summed E-state index contributed by atoms with van der Waals surface area (Å²) in [4.78, 5) is 98.2. The van der Waals surface area contributed by atoms with Crippen LogP contribution in [0.1, 0.15) is 30.4 Å². The molecule has 0 saturated carbocycles. The van der Waals surface area contributed by atoms with Gasteiger partial charge in [-0.05, 0) is 61.0 Å². The zero-order chi connectivity index (χ0) is 41.0. The van der Waals surface area contributed by atoms with Gasteiger partial charge in [-0.1, -0.05) is 42.5 Å². The van der Waals surface area contributed by atoms with E-state index in [9.17, 15) is 38.4 Å². The van der Waals surface area contributed by atoms with Gasteiger partial charge in [0.25, 0.3) is 0 Å². The smallest absolute Gasteiger partial charge is 0.480 e. The van der Waals surface area contributed by atoms with Crippen LogP contribution < -0.4 is 48.3 Å². The standard InChI is InChI=1S/C33H48N9O11PS/c1-55-15-13-24(30(46)42-25(32(48)49)8-5-14-37-33(35)36)41-31(47)26(17-20-6-3-2-4-7-20)40-28(44)19-38-27(43)18-39-29(45)23(34)16-21-9-11-22(12-10-21)53-54(50,51)52/h2-4,6-7,9-12,23-26H,5,8,13-19,34H2,1H3,(H,38,43)(H,39,45)(H,40,44)(H,41,47)(H,42,46)(H,48,49)(H4,35,36,37)(H2,50,51,52)/t23-,24-,25-,26-/m0/s1. The number of aliphatic imine (C=N–C) groups is 1. The lowest BCUT2D eigenvalue weighted by molar-refractivity contribution is -0.142. The molecule has 302 valence electrons. The van der Waals surface area contributed by atoms with E-state index in [1.54, 1.807) is 36.6 Å². The Morgan fingerprint density at radius 2 is 1.38 bits per heavy atom. The number of amides is 5. The number of hydrogen-bond acceptors (Lipinski definition) is 11. The van der Waals surface area contributed by atoms with E-state index in [0.29, 0.717) is 16.9 Å². The third kappa shape index (κ3) is 19.1. The number of rotatable bonds is 24. The van der Waals surface area contributed by atoms with E-state index in [2.05, 4.69) is 36.1 Å². The van der Waals surface area contributed by atoms with Gasteiger partial charge >= 0.3 is 13.8 Å². The molecule has 22 heteroatoms. The van der Waals surface area contributed by atoms with Crippen LogP contribution in [-0.4, -0.2) is 112 Å². The minimum atomic E-state index is -4.73. The number of phosphoric acid groups is 1. The van der Waals surface area contributed by atoms with E-state index >= 15 is 0 Å². The van der Waals surface area contributed by atoms with Gasteiger partial charge in [-0.3, -0.25) is 38.8 Å². The highest BCUT2D eigenvalue weighted by atomic mass is 32.2. The molecule has 14 N–H and O–H groups in total.